The molecule has 0 heterocycles. The van der Waals surface area contributed by atoms with Crippen molar-refractivity contribution in [3.8, 4) is 0 Å². The zero-order valence-corrected chi connectivity index (χ0v) is 8.08. The number of halogens is 1. The number of hydrogen-bond acceptors (Lipinski definition) is 1. The summed E-state index contributed by atoms with van der Waals surface area (Å²) < 4.78 is 6.47. The van der Waals surface area contributed by atoms with E-state index in [1.807, 2.05) is 0 Å². The molecule has 1 N–H and O–H groups in total. The molecular formula is C4H10ClNaO. The smallest absolute Gasteiger partial charge is 0.323 e. The van der Waals surface area contributed by atoms with Crippen LogP contribution in [0.15, 0.2) is 0 Å². The first kappa shape index (κ1) is 15.7. The first-order valence-corrected chi connectivity index (χ1v) is 2.01. The third-order valence-electron chi connectivity index (χ3n) is 0. The van der Waals surface area contributed by atoms with Crippen LogP contribution >= 0.6 is 11.9 Å². The van der Waals surface area contributed by atoms with Crippen molar-refractivity contribution in [2.75, 3.05) is 0 Å². The molecular weight excluding hydrogens is 122 g/mol. The molecule has 0 radical (unpaired) electrons. The van der Waals surface area contributed by atoms with Gasteiger partial charge in [-0.05, 0) is 0 Å². The summed E-state index contributed by atoms with van der Waals surface area (Å²) in [4.78, 5) is 0. The summed E-state index contributed by atoms with van der Waals surface area (Å²) in [7, 11) is 0. The van der Waals surface area contributed by atoms with Crippen molar-refractivity contribution in [1.82, 2.24) is 0 Å². The fourth-order valence-corrected chi connectivity index (χ4v) is 0. The molecule has 1 nitrogen and oxygen atoms in total. The molecule has 0 aliphatic heterocycles. The molecule has 7 heavy (non-hydrogen) atoms. The molecule has 0 aromatic carbocycles. The van der Waals surface area contributed by atoms with Crippen molar-refractivity contribution >= 4 is 11.9 Å². The van der Waals surface area contributed by atoms with Crippen molar-refractivity contribution in [3.63, 3.8) is 0 Å². The van der Waals surface area contributed by atoms with Crippen LogP contribution in [0, 0.1) is 5.92 Å². The molecule has 0 fully saturated rings. The van der Waals surface area contributed by atoms with E-state index in [9.17, 15) is 0 Å². The van der Waals surface area contributed by atoms with Gasteiger partial charge in [0, 0.05) is 0 Å². The number of rotatable bonds is 0. The van der Waals surface area contributed by atoms with Gasteiger partial charge in [0.05, 0.1) is 11.9 Å². The standard InChI is InChI=1S/C4H9.ClHO.Na/c1-4(2)3;1-2;/h1-3H3;2H;/q-1;;+1. The van der Waals surface area contributed by atoms with E-state index in [2.05, 4.69) is 32.6 Å². The van der Waals surface area contributed by atoms with Crippen LogP contribution in [0.4, 0.5) is 0 Å². The largest absolute Gasteiger partial charge is 1.00 e. The maximum Gasteiger partial charge on any atom is 1.00 e. The minimum absolute atomic E-state index is 0. The fraction of sp³-hybridized carbons (Fsp3) is 0.750. The van der Waals surface area contributed by atoms with Gasteiger partial charge in [-0.25, -0.2) is 0 Å². The van der Waals surface area contributed by atoms with Crippen LogP contribution in [0.5, 0.6) is 0 Å². The van der Waals surface area contributed by atoms with Gasteiger partial charge < -0.3 is 5.92 Å². The monoisotopic (exact) mass is 132 g/mol. The van der Waals surface area contributed by atoms with E-state index in [1.54, 1.807) is 0 Å². The van der Waals surface area contributed by atoms with Gasteiger partial charge in [0.1, 0.15) is 0 Å². The Balaban J connectivity index is -0.0000000480. The zero-order valence-electron chi connectivity index (χ0n) is 5.33. The Morgan fingerprint density at radius 1 is 1.14 bits per heavy atom. The van der Waals surface area contributed by atoms with E-state index in [0.29, 0.717) is 0 Å². The molecule has 0 saturated carbocycles. The average Bonchev–Trinajstić information content (AvgIpc) is 1.41. The summed E-state index contributed by atoms with van der Waals surface area (Å²) in [6.07, 6.45) is 0. The first-order chi connectivity index (χ1) is 2.73. The topological polar surface area (TPSA) is 20.2 Å². The third kappa shape index (κ3) is 128. The van der Waals surface area contributed by atoms with Gasteiger partial charge >= 0.3 is 29.6 Å². The molecule has 0 aliphatic rings. The molecule has 40 valence electrons. The molecule has 3 heteroatoms. The maximum absolute atomic E-state index is 6.47. The van der Waals surface area contributed by atoms with Crippen molar-refractivity contribution < 1.29 is 34.2 Å². The predicted molar refractivity (Wildman–Crippen MR) is 28.3 cm³/mol. The molecule has 0 aromatic rings. The summed E-state index contributed by atoms with van der Waals surface area (Å²) >= 11 is 3.64. The van der Waals surface area contributed by atoms with E-state index in [-0.39, 0.29) is 29.6 Å². The van der Waals surface area contributed by atoms with Gasteiger partial charge in [0.25, 0.3) is 0 Å². The molecule has 0 saturated heterocycles. The molecule has 0 aliphatic carbocycles. The summed E-state index contributed by atoms with van der Waals surface area (Å²) in [5.74, 6) is 1.42. The van der Waals surface area contributed by atoms with Gasteiger partial charge in [-0.3, -0.25) is 4.66 Å². The van der Waals surface area contributed by atoms with E-state index in [0.717, 1.165) is 0 Å². The average molecular weight is 133 g/mol. The maximum atomic E-state index is 6.47. The molecule has 0 atom stereocenters. The minimum atomic E-state index is 0. The van der Waals surface area contributed by atoms with Crippen LogP contribution in [0.3, 0.4) is 0 Å². The normalized spacial score (nSPS) is 6.00. The quantitative estimate of drug-likeness (QED) is 0.323. The summed E-state index contributed by atoms with van der Waals surface area (Å²) in [6, 6.07) is 0. The van der Waals surface area contributed by atoms with E-state index >= 15 is 0 Å². The Kier molecular flexibility index (Phi) is 35.2. The van der Waals surface area contributed by atoms with E-state index in [1.165, 1.54) is 5.92 Å². The van der Waals surface area contributed by atoms with Gasteiger partial charge in [-0.2, -0.15) is 20.8 Å². The van der Waals surface area contributed by atoms with Crippen LogP contribution in [0.1, 0.15) is 20.8 Å². The van der Waals surface area contributed by atoms with Gasteiger partial charge in [0.15, 0.2) is 0 Å². The van der Waals surface area contributed by atoms with E-state index < -0.39 is 0 Å². The van der Waals surface area contributed by atoms with Crippen LogP contribution in [-0.2, 0) is 0 Å². The zero-order chi connectivity index (χ0) is 5.58. The van der Waals surface area contributed by atoms with Gasteiger partial charge in [-0.15, -0.1) is 0 Å². The first-order valence-electron chi connectivity index (χ1n) is 1.67. The van der Waals surface area contributed by atoms with E-state index in [4.69, 9.17) is 4.66 Å². The molecule has 0 unspecified atom stereocenters. The van der Waals surface area contributed by atoms with Crippen molar-refractivity contribution in [3.05, 3.63) is 5.92 Å². The molecule has 0 rings (SSSR count). The Labute approximate surface area is 72.5 Å². The third-order valence-corrected chi connectivity index (χ3v) is 0. The van der Waals surface area contributed by atoms with Crippen LogP contribution in [0.2, 0.25) is 0 Å². The van der Waals surface area contributed by atoms with Crippen LogP contribution < -0.4 is 29.6 Å². The van der Waals surface area contributed by atoms with Crippen molar-refractivity contribution in [2.45, 2.75) is 20.8 Å². The molecule has 0 spiro atoms. The van der Waals surface area contributed by atoms with Crippen LogP contribution in [0.25, 0.3) is 0 Å². The van der Waals surface area contributed by atoms with Crippen molar-refractivity contribution in [1.29, 1.82) is 0 Å². The fourth-order valence-electron chi connectivity index (χ4n) is 0. The summed E-state index contributed by atoms with van der Waals surface area (Å²) in [5.41, 5.74) is 0. The molecule has 0 aromatic heterocycles. The Morgan fingerprint density at radius 2 is 1.14 bits per heavy atom. The Bertz CT molecular complexity index is 16.4. The second kappa shape index (κ2) is 15.7. The summed E-state index contributed by atoms with van der Waals surface area (Å²) in [5, 5.41) is 0. The number of hydrogen-bond donors (Lipinski definition) is 1. The SMILES string of the molecule is C[C-](C)C.OCl.[Na+]. The second-order valence-corrected chi connectivity index (χ2v) is 1.50. The predicted octanol–water partition coefficient (Wildman–Crippen LogP) is -1.24. The van der Waals surface area contributed by atoms with Crippen molar-refractivity contribution in [2.24, 2.45) is 0 Å². The Morgan fingerprint density at radius 3 is 1.14 bits per heavy atom. The molecule has 0 amide bonds. The van der Waals surface area contributed by atoms with Crippen LogP contribution in [-0.4, -0.2) is 4.66 Å². The van der Waals surface area contributed by atoms with Gasteiger partial charge in [0.2, 0.25) is 0 Å². The second-order valence-electron chi connectivity index (χ2n) is 1.50. The molecule has 0 bridgehead atoms. The minimum Gasteiger partial charge on any atom is -0.323 e. The van der Waals surface area contributed by atoms with Gasteiger partial charge in [-0.1, -0.05) is 0 Å². The Hall–Kier alpha value is 1.25. The summed E-state index contributed by atoms with van der Waals surface area (Å²) in [6.45, 7) is 6.25.